The summed E-state index contributed by atoms with van der Waals surface area (Å²) in [6.45, 7) is 3.09. The van der Waals surface area contributed by atoms with Gasteiger partial charge in [-0.25, -0.2) is 19.0 Å². The number of halogens is 1. The monoisotopic (exact) mass is 326 g/mol. The molecule has 1 unspecified atom stereocenters. The van der Waals surface area contributed by atoms with Crippen LogP contribution < -0.4 is 5.32 Å². The molecule has 0 spiro atoms. The molecule has 24 heavy (non-hydrogen) atoms. The van der Waals surface area contributed by atoms with Crippen molar-refractivity contribution >= 4 is 16.9 Å². The molecule has 0 aliphatic carbocycles. The number of rotatable bonds is 4. The Balaban J connectivity index is 1.63. The van der Waals surface area contributed by atoms with E-state index in [4.69, 9.17) is 0 Å². The van der Waals surface area contributed by atoms with E-state index >= 15 is 0 Å². The number of para-hydroxylation sites is 1. The number of aromatic nitrogens is 4. The summed E-state index contributed by atoms with van der Waals surface area (Å²) in [6, 6.07) is 6.54. The normalized spacial score (nSPS) is 18.3. The summed E-state index contributed by atoms with van der Waals surface area (Å²) >= 11 is 0. The first-order chi connectivity index (χ1) is 11.7. The van der Waals surface area contributed by atoms with Gasteiger partial charge in [0.25, 0.3) is 0 Å². The molecule has 124 valence electrons. The van der Waals surface area contributed by atoms with E-state index in [9.17, 15) is 4.39 Å². The predicted octanol–water partition coefficient (Wildman–Crippen LogP) is 2.32. The maximum Gasteiger partial charge on any atom is 0.168 e. The van der Waals surface area contributed by atoms with Crippen LogP contribution >= 0.6 is 0 Å². The van der Waals surface area contributed by atoms with Crippen LogP contribution in [-0.2, 0) is 0 Å². The lowest BCUT2D eigenvalue weighted by Crippen LogP contribution is -2.19. The third-order valence-corrected chi connectivity index (χ3v) is 4.49. The van der Waals surface area contributed by atoms with Crippen LogP contribution in [0, 0.1) is 11.7 Å². The van der Waals surface area contributed by atoms with Crippen molar-refractivity contribution in [3.63, 3.8) is 0 Å². The van der Waals surface area contributed by atoms with Crippen molar-refractivity contribution in [3.05, 3.63) is 42.6 Å². The molecule has 6 nitrogen and oxygen atoms in total. The van der Waals surface area contributed by atoms with Gasteiger partial charge < -0.3 is 10.2 Å². The first kappa shape index (κ1) is 15.0. The van der Waals surface area contributed by atoms with E-state index in [0.717, 1.165) is 30.8 Å². The Morgan fingerprint density at radius 3 is 2.96 bits per heavy atom. The predicted molar refractivity (Wildman–Crippen MR) is 90.7 cm³/mol. The van der Waals surface area contributed by atoms with Crippen LogP contribution in [0.5, 0.6) is 0 Å². The fourth-order valence-electron chi connectivity index (χ4n) is 3.22. The zero-order chi connectivity index (χ0) is 16.5. The highest BCUT2D eigenvalue weighted by atomic mass is 19.1. The van der Waals surface area contributed by atoms with Crippen molar-refractivity contribution in [3.8, 4) is 5.69 Å². The van der Waals surface area contributed by atoms with Crippen LogP contribution in [0.15, 0.2) is 36.8 Å². The Hall–Kier alpha value is -2.54. The Morgan fingerprint density at radius 1 is 1.29 bits per heavy atom. The SMILES string of the molecule is CN1CCC(CNc2ncnc3c2cnn3-c2ccccc2F)C1. The molecule has 3 aromatic rings. The fourth-order valence-corrected chi connectivity index (χ4v) is 3.22. The van der Waals surface area contributed by atoms with Gasteiger partial charge in [-0.15, -0.1) is 0 Å². The fraction of sp³-hybridized carbons (Fsp3) is 0.353. The minimum absolute atomic E-state index is 0.329. The molecule has 1 aromatic carbocycles. The Bertz CT molecular complexity index is 861. The summed E-state index contributed by atoms with van der Waals surface area (Å²) < 4.78 is 15.6. The molecule has 4 rings (SSSR count). The number of hydrogen-bond donors (Lipinski definition) is 1. The van der Waals surface area contributed by atoms with Crippen molar-refractivity contribution in [1.82, 2.24) is 24.6 Å². The van der Waals surface area contributed by atoms with Crippen LogP contribution in [-0.4, -0.2) is 51.3 Å². The molecule has 0 bridgehead atoms. The number of benzene rings is 1. The molecule has 1 fully saturated rings. The van der Waals surface area contributed by atoms with E-state index < -0.39 is 0 Å². The third kappa shape index (κ3) is 2.71. The topological polar surface area (TPSA) is 58.9 Å². The molecule has 3 heterocycles. The van der Waals surface area contributed by atoms with E-state index in [2.05, 4.69) is 32.3 Å². The zero-order valence-electron chi connectivity index (χ0n) is 13.5. The van der Waals surface area contributed by atoms with E-state index in [0.29, 0.717) is 17.3 Å². The molecular weight excluding hydrogens is 307 g/mol. The van der Waals surface area contributed by atoms with Gasteiger partial charge in [0, 0.05) is 13.1 Å². The highest BCUT2D eigenvalue weighted by Crippen LogP contribution is 2.23. The lowest BCUT2D eigenvalue weighted by molar-refractivity contribution is 0.399. The van der Waals surface area contributed by atoms with Gasteiger partial charge in [-0.2, -0.15) is 5.10 Å². The first-order valence-electron chi connectivity index (χ1n) is 8.08. The van der Waals surface area contributed by atoms with Gasteiger partial charge in [-0.05, 0) is 38.1 Å². The molecule has 1 N–H and O–H groups in total. The summed E-state index contributed by atoms with van der Waals surface area (Å²) in [5.74, 6) is 1.03. The van der Waals surface area contributed by atoms with E-state index in [-0.39, 0.29) is 5.82 Å². The van der Waals surface area contributed by atoms with Crippen LogP contribution in [0.3, 0.4) is 0 Å². The number of nitrogens with one attached hydrogen (secondary N) is 1. The number of fused-ring (bicyclic) bond motifs is 1. The quantitative estimate of drug-likeness (QED) is 0.797. The second-order valence-corrected chi connectivity index (χ2v) is 6.27. The second-order valence-electron chi connectivity index (χ2n) is 6.27. The molecule has 7 heteroatoms. The van der Waals surface area contributed by atoms with E-state index in [1.165, 1.54) is 23.5 Å². The van der Waals surface area contributed by atoms with Gasteiger partial charge in [0.05, 0.1) is 11.6 Å². The average molecular weight is 326 g/mol. The molecule has 0 saturated carbocycles. The van der Waals surface area contributed by atoms with Crippen LogP contribution in [0.1, 0.15) is 6.42 Å². The van der Waals surface area contributed by atoms with Gasteiger partial charge in [-0.1, -0.05) is 12.1 Å². The zero-order valence-corrected chi connectivity index (χ0v) is 13.5. The van der Waals surface area contributed by atoms with Gasteiger partial charge in [0.15, 0.2) is 5.65 Å². The molecule has 1 aliphatic heterocycles. The maximum absolute atomic E-state index is 14.0. The molecule has 1 saturated heterocycles. The summed E-state index contributed by atoms with van der Waals surface area (Å²) in [5, 5.41) is 8.51. The summed E-state index contributed by atoms with van der Waals surface area (Å²) in [6.07, 6.45) is 4.36. The van der Waals surface area contributed by atoms with Crippen LogP contribution in [0.25, 0.3) is 16.7 Å². The largest absolute Gasteiger partial charge is 0.369 e. The lowest BCUT2D eigenvalue weighted by atomic mass is 10.1. The summed E-state index contributed by atoms with van der Waals surface area (Å²) in [5.41, 5.74) is 0.982. The van der Waals surface area contributed by atoms with Crippen molar-refractivity contribution in [2.24, 2.45) is 5.92 Å². The minimum Gasteiger partial charge on any atom is -0.369 e. The van der Waals surface area contributed by atoms with Crippen LogP contribution in [0.2, 0.25) is 0 Å². The first-order valence-corrected chi connectivity index (χ1v) is 8.08. The minimum atomic E-state index is -0.329. The molecule has 1 atom stereocenters. The highest BCUT2D eigenvalue weighted by Gasteiger charge is 2.20. The standard InChI is InChI=1S/C17H19FN6/c1-23-7-6-12(10-23)8-19-16-13-9-22-24(17(13)21-11-20-16)15-5-3-2-4-14(15)18/h2-5,9,11-12H,6-8,10H2,1H3,(H,19,20,21). The van der Waals surface area contributed by atoms with E-state index in [1.807, 2.05) is 0 Å². The molecule has 0 radical (unpaired) electrons. The van der Waals surface area contributed by atoms with E-state index in [1.54, 1.807) is 24.4 Å². The lowest BCUT2D eigenvalue weighted by Gasteiger charge is -2.12. The summed E-state index contributed by atoms with van der Waals surface area (Å²) in [4.78, 5) is 11.0. The van der Waals surface area contributed by atoms with Crippen LogP contribution in [0.4, 0.5) is 10.2 Å². The van der Waals surface area contributed by atoms with Gasteiger partial charge >= 0.3 is 0 Å². The van der Waals surface area contributed by atoms with Crippen molar-refractivity contribution in [1.29, 1.82) is 0 Å². The smallest absolute Gasteiger partial charge is 0.168 e. The van der Waals surface area contributed by atoms with Gasteiger partial charge in [0.1, 0.15) is 23.6 Å². The molecule has 0 amide bonds. The molecule has 1 aliphatic rings. The Morgan fingerprint density at radius 2 is 2.17 bits per heavy atom. The van der Waals surface area contributed by atoms with Crippen molar-refractivity contribution in [2.45, 2.75) is 6.42 Å². The van der Waals surface area contributed by atoms with Gasteiger partial charge in [0.2, 0.25) is 0 Å². The van der Waals surface area contributed by atoms with Crippen molar-refractivity contribution in [2.75, 3.05) is 32.0 Å². The maximum atomic E-state index is 14.0. The number of nitrogens with zero attached hydrogens (tertiary/aromatic N) is 5. The second kappa shape index (κ2) is 6.16. The molecule has 2 aromatic heterocycles. The summed E-state index contributed by atoms with van der Waals surface area (Å²) in [7, 11) is 2.14. The third-order valence-electron chi connectivity index (χ3n) is 4.49. The van der Waals surface area contributed by atoms with Gasteiger partial charge in [-0.3, -0.25) is 0 Å². The molecular formula is C17H19FN6. The number of anilines is 1. The Labute approximate surface area is 139 Å². The number of likely N-dealkylation sites (tertiary alicyclic amines) is 1. The average Bonchev–Trinajstić information content (AvgIpc) is 3.20. The number of hydrogen-bond acceptors (Lipinski definition) is 5. The van der Waals surface area contributed by atoms with Crippen molar-refractivity contribution < 1.29 is 4.39 Å². The Kier molecular flexibility index (Phi) is 3.86. The highest BCUT2D eigenvalue weighted by molar-refractivity contribution is 5.87.